The maximum atomic E-state index is 11.9. The predicted molar refractivity (Wildman–Crippen MR) is 109 cm³/mol. The molecule has 0 saturated carbocycles. The summed E-state index contributed by atoms with van der Waals surface area (Å²) in [5.41, 5.74) is 1.98. The van der Waals surface area contributed by atoms with Gasteiger partial charge in [-0.25, -0.2) is 4.79 Å². The summed E-state index contributed by atoms with van der Waals surface area (Å²) in [6, 6.07) is 11.7. The number of esters is 1. The molecule has 0 heterocycles. The van der Waals surface area contributed by atoms with E-state index in [9.17, 15) is 14.4 Å². The molecule has 0 fully saturated rings. The normalized spacial score (nSPS) is 10.4. The van der Waals surface area contributed by atoms with Crippen LogP contribution in [-0.4, -0.2) is 38.0 Å². The van der Waals surface area contributed by atoms with Gasteiger partial charge in [0.1, 0.15) is 0 Å². The maximum absolute atomic E-state index is 11.9. The number of hydrogen-bond donors (Lipinski definition) is 1. The molecule has 1 amide bonds. The van der Waals surface area contributed by atoms with Crippen molar-refractivity contribution < 1.29 is 28.6 Å². The van der Waals surface area contributed by atoms with Crippen LogP contribution in [0.15, 0.2) is 48.5 Å². The topological polar surface area (TPSA) is 90.9 Å². The zero-order valence-corrected chi connectivity index (χ0v) is 16.6. The second kappa shape index (κ2) is 10.7. The zero-order valence-electron chi connectivity index (χ0n) is 16.6. The number of allylic oxidation sites excluding steroid dienone is 1. The zero-order chi connectivity index (χ0) is 21.2. The van der Waals surface area contributed by atoms with Crippen molar-refractivity contribution >= 4 is 29.4 Å². The molecule has 2 rings (SSSR count). The quantitative estimate of drug-likeness (QED) is 0.514. The Labute approximate surface area is 169 Å². The molecular weight excluding hydrogens is 374 g/mol. The van der Waals surface area contributed by atoms with Crippen molar-refractivity contribution in [1.29, 1.82) is 0 Å². The van der Waals surface area contributed by atoms with Gasteiger partial charge in [0.2, 0.25) is 0 Å². The number of carbonyl (C=O) groups is 3. The van der Waals surface area contributed by atoms with Crippen molar-refractivity contribution in [3.63, 3.8) is 0 Å². The van der Waals surface area contributed by atoms with Crippen molar-refractivity contribution in [3.05, 3.63) is 59.7 Å². The summed E-state index contributed by atoms with van der Waals surface area (Å²) < 4.78 is 15.6. The number of Topliss-reactive ketones (excluding diaryl/α,β-unsaturated/α-hetero) is 1. The molecule has 0 aliphatic carbocycles. The van der Waals surface area contributed by atoms with Crippen molar-refractivity contribution in [3.8, 4) is 11.5 Å². The van der Waals surface area contributed by atoms with E-state index in [0.29, 0.717) is 22.7 Å². The fourth-order valence-electron chi connectivity index (χ4n) is 2.41. The van der Waals surface area contributed by atoms with E-state index in [2.05, 4.69) is 5.32 Å². The van der Waals surface area contributed by atoms with Gasteiger partial charge in [0.25, 0.3) is 5.91 Å². The molecular formula is C22H23NO6. The minimum Gasteiger partial charge on any atom is -0.493 e. The van der Waals surface area contributed by atoms with E-state index >= 15 is 0 Å². The van der Waals surface area contributed by atoms with E-state index in [1.165, 1.54) is 14.0 Å². The third kappa shape index (κ3) is 6.80. The molecule has 0 aromatic heterocycles. The monoisotopic (exact) mass is 397 g/mol. The number of nitrogens with one attached hydrogen (secondary N) is 1. The van der Waals surface area contributed by atoms with Gasteiger partial charge in [0.05, 0.1) is 7.11 Å². The summed E-state index contributed by atoms with van der Waals surface area (Å²) in [6.07, 6.45) is 3.81. The third-order valence-corrected chi connectivity index (χ3v) is 3.83. The van der Waals surface area contributed by atoms with Crippen molar-refractivity contribution in [2.75, 3.05) is 25.6 Å². The Hall–Kier alpha value is -3.61. The Morgan fingerprint density at radius 2 is 1.72 bits per heavy atom. The van der Waals surface area contributed by atoms with Crippen molar-refractivity contribution in [1.82, 2.24) is 0 Å². The summed E-state index contributed by atoms with van der Waals surface area (Å²) >= 11 is 0. The van der Waals surface area contributed by atoms with Gasteiger partial charge in [-0.3, -0.25) is 9.59 Å². The summed E-state index contributed by atoms with van der Waals surface area (Å²) in [6.45, 7) is 2.56. The number of methoxy groups -OCH3 is 1. The number of anilines is 1. The average Bonchev–Trinajstić information content (AvgIpc) is 2.71. The first-order chi connectivity index (χ1) is 13.9. The SMILES string of the molecule is C/C=C/c1ccc(OCC(=O)OCC(=O)Nc2ccc(C(C)=O)cc2)c(OC)c1. The third-order valence-electron chi connectivity index (χ3n) is 3.83. The molecule has 2 aromatic carbocycles. The van der Waals surface area contributed by atoms with Crippen LogP contribution in [0.2, 0.25) is 0 Å². The molecule has 0 atom stereocenters. The largest absolute Gasteiger partial charge is 0.493 e. The summed E-state index contributed by atoms with van der Waals surface area (Å²) in [4.78, 5) is 35.0. The number of rotatable bonds is 9. The Morgan fingerprint density at radius 1 is 1.00 bits per heavy atom. The number of benzene rings is 2. The molecule has 0 aliphatic rings. The lowest BCUT2D eigenvalue weighted by Gasteiger charge is -2.11. The van der Waals surface area contributed by atoms with Crippen LogP contribution < -0.4 is 14.8 Å². The molecule has 0 bridgehead atoms. The summed E-state index contributed by atoms with van der Waals surface area (Å²) in [5.74, 6) is -0.369. The highest BCUT2D eigenvalue weighted by molar-refractivity contribution is 5.96. The Kier molecular flexibility index (Phi) is 7.97. The first kappa shape index (κ1) is 21.7. The molecule has 0 aliphatic heterocycles. The summed E-state index contributed by atoms with van der Waals surface area (Å²) in [5, 5.41) is 2.58. The molecule has 152 valence electrons. The second-order valence-electron chi connectivity index (χ2n) is 6.04. The molecule has 0 unspecified atom stereocenters. The molecule has 1 N–H and O–H groups in total. The lowest BCUT2D eigenvalue weighted by molar-refractivity contribution is -0.149. The van der Waals surface area contributed by atoms with Crippen LogP contribution in [0, 0.1) is 0 Å². The molecule has 29 heavy (non-hydrogen) atoms. The van der Waals surface area contributed by atoms with Gasteiger partial charge in [-0.05, 0) is 55.8 Å². The Balaban J connectivity index is 1.80. The Morgan fingerprint density at radius 3 is 2.34 bits per heavy atom. The second-order valence-corrected chi connectivity index (χ2v) is 6.04. The van der Waals surface area contributed by atoms with E-state index in [0.717, 1.165) is 5.56 Å². The molecule has 7 heteroatoms. The van der Waals surface area contributed by atoms with Crippen molar-refractivity contribution in [2.45, 2.75) is 13.8 Å². The average molecular weight is 397 g/mol. The van der Waals surface area contributed by atoms with Crippen LogP contribution in [-0.2, 0) is 14.3 Å². The highest BCUT2D eigenvalue weighted by Gasteiger charge is 2.11. The van der Waals surface area contributed by atoms with Crippen LogP contribution >= 0.6 is 0 Å². The van der Waals surface area contributed by atoms with Gasteiger partial charge in [0.15, 0.2) is 30.5 Å². The maximum Gasteiger partial charge on any atom is 0.344 e. The molecule has 0 saturated heterocycles. The van der Waals surface area contributed by atoms with Gasteiger partial charge in [0, 0.05) is 11.3 Å². The van der Waals surface area contributed by atoms with Gasteiger partial charge in [-0.2, -0.15) is 0 Å². The standard InChI is InChI=1S/C22H23NO6/c1-4-5-16-6-11-19(20(12-16)27-3)28-14-22(26)29-13-21(25)23-18-9-7-17(8-10-18)15(2)24/h4-12H,13-14H2,1-3H3,(H,23,25)/b5-4+. The van der Waals surface area contributed by atoms with Crippen LogP contribution in [0.5, 0.6) is 11.5 Å². The van der Waals surface area contributed by atoms with E-state index in [1.54, 1.807) is 36.4 Å². The fourth-order valence-corrected chi connectivity index (χ4v) is 2.41. The highest BCUT2D eigenvalue weighted by Crippen LogP contribution is 2.28. The van der Waals surface area contributed by atoms with Crippen LogP contribution in [0.25, 0.3) is 6.08 Å². The number of carbonyl (C=O) groups excluding carboxylic acids is 3. The number of ether oxygens (including phenoxy) is 3. The minimum absolute atomic E-state index is 0.0649. The summed E-state index contributed by atoms with van der Waals surface area (Å²) in [7, 11) is 1.51. The predicted octanol–water partition coefficient (Wildman–Crippen LogP) is 3.49. The van der Waals surface area contributed by atoms with Crippen LogP contribution in [0.1, 0.15) is 29.8 Å². The smallest absolute Gasteiger partial charge is 0.344 e. The lowest BCUT2D eigenvalue weighted by Crippen LogP contribution is -2.23. The van der Waals surface area contributed by atoms with Crippen LogP contribution in [0.4, 0.5) is 5.69 Å². The van der Waals surface area contributed by atoms with Gasteiger partial charge < -0.3 is 19.5 Å². The number of amides is 1. The highest BCUT2D eigenvalue weighted by atomic mass is 16.6. The molecule has 0 radical (unpaired) electrons. The molecule has 0 spiro atoms. The van der Waals surface area contributed by atoms with Crippen molar-refractivity contribution in [2.24, 2.45) is 0 Å². The first-order valence-electron chi connectivity index (χ1n) is 8.93. The Bertz CT molecular complexity index is 902. The van der Waals surface area contributed by atoms with Gasteiger partial charge >= 0.3 is 5.97 Å². The lowest BCUT2D eigenvalue weighted by atomic mass is 10.1. The van der Waals surface area contributed by atoms with E-state index < -0.39 is 18.5 Å². The first-order valence-corrected chi connectivity index (χ1v) is 8.93. The van der Waals surface area contributed by atoms with Gasteiger partial charge in [-0.15, -0.1) is 0 Å². The number of hydrogen-bond acceptors (Lipinski definition) is 6. The van der Waals surface area contributed by atoms with E-state index in [-0.39, 0.29) is 12.4 Å². The fraction of sp³-hybridized carbons (Fsp3) is 0.227. The molecule has 7 nitrogen and oxygen atoms in total. The number of ketones is 1. The van der Waals surface area contributed by atoms with Crippen LogP contribution in [0.3, 0.4) is 0 Å². The molecule has 2 aromatic rings. The van der Waals surface area contributed by atoms with E-state index in [1.807, 2.05) is 25.1 Å². The minimum atomic E-state index is -0.688. The van der Waals surface area contributed by atoms with Gasteiger partial charge in [-0.1, -0.05) is 18.2 Å². The van der Waals surface area contributed by atoms with E-state index in [4.69, 9.17) is 14.2 Å².